The number of benzene rings is 1. The van der Waals surface area contributed by atoms with Gasteiger partial charge >= 0.3 is 5.97 Å². The summed E-state index contributed by atoms with van der Waals surface area (Å²) >= 11 is 7.61. The van der Waals surface area contributed by atoms with Crippen LogP contribution in [-0.4, -0.2) is 63.2 Å². The molecule has 0 saturated carbocycles. The van der Waals surface area contributed by atoms with Crippen LogP contribution in [0.15, 0.2) is 38.5 Å². The highest BCUT2D eigenvalue weighted by molar-refractivity contribution is 8.26. The van der Waals surface area contributed by atoms with Crippen LogP contribution in [0.2, 0.25) is 0 Å². The molecule has 1 N–H and O–H groups in total. The fraction of sp³-hybridized carbons (Fsp3) is 0.368. The van der Waals surface area contributed by atoms with Gasteiger partial charge in [-0.3, -0.25) is 19.8 Å². The molecule has 2 aliphatic heterocycles. The highest BCUT2D eigenvalue weighted by Gasteiger charge is 2.58. The number of fused-ring (bicyclic) bond motifs is 1. The Balaban J connectivity index is 1.55. The van der Waals surface area contributed by atoms with Gasteiger partial charge in [0.2, 0.25) is 20.1 Å². The number of carbonyl (C=O) groups excluding carboxylic acids is 2. The third kappa shape index (κ3) is 5.26. The Kier molecular flexibility index (Phi) is 7.68. The number of hydrogen-bond acceptors (Lipinski definition) is 14. The van der Waals surface area contributed by atoms with Crippen molar-refractivity contribution in [2.24, 2.45) is 5.92 Å². The Labute approximate surface area is 223 Å². The summed E-state index contributed by atoms with van der Waals surface area (Å²) in [5.74, 6) is -1.92. The van der Waals surface area contributed by atoms with Crippen molar-refractivity contribution < 1.29 is 32.8 Å². The maximum atomic E-state index is 13.1. The summed E-state index contributed by atoms with van der Waals surface area (Å²) in [6.45, 7) is 1.31. The van der Waals surface area contributed by atoms with Crippen molar-refractivity contribution in [1.82, 2.24) is 15.1 Å². The minimum absolute atomic E-state index is 0.00860. The van der Waals surface area contributed by atoms with Gasteiger partial charge in [0.15, 0.2) is 5.70 Å². The normalized spacial score (nSPS) is 21.1. The molecule has 1 aromatic heterocycles. The number of thioether (sulfide) groups is 2. The van der Waals surface area contributed by atoms with Crippen LogP contribution in [0.3, 0.4) is 0 Å². The Morgan fingerprint density at radius 2 is 2.03 bits per heavy atom. The molecule has 17 heteroatoms. The number of rotatable bonds is 9. The van der Waals surface area contributed by atoms with Gasteiger partial charge in [0.1, 0.15) is 21.6 Å². The summed E-state index contributed by atoms with van der Waals surface area (Å²) in [7, 11) is -3.55. The summed E-state index contributed by atoms with van der Waals surface area (Å²) in [5, 5.41) is 28.2. The Hall–Kier alpha value is -2.18. The molecule has 0 aliphatic carbocycles. The van der Waals surface area contributed by atoms with Crippen LogP contribution in [0, 0.1) is 16.0 Å². The SMILES string of the molecule is C[C@@H](O)[C@H]1C(=O)N2C(C(=O)OCc3ccc([N+](=O)[O-])cc3)=C(SC(S)c3nnc(S(C)(=O)=O)s3)S[C@H]12. The average molecular weight is 591 g/mol. The largest absolute Gasteiger partial charge is 0.456 e. The number of aliphatic hydroxyl groups excluding tert-OH is 1. The lowest BCUT2D eigenvalue weighted by Crippen LogP contribution is -2.60. The fourth-order valence-corrected chi connectivity index (χ4v) is 8.67. The number of thiol groups is 1. The zero-order chi connectivity index (χ0) is 26.4. The van der Waals surface area contributed by atoms with Crippen LogP contribution in [0.1, 0.15) is 22.1 Å². The van der Waals surface area contributed by atoms with Crippen molar-refractivity contribution in [3.05, 3.63) is 54.9 Å². The van der Waals surface area contributed by atoms with Crippen LogP contribution in [0.4, 0.5) is 5.69 Å². The lowest BCUT2D eigenvalue weighted by atomic mass is 9.92. The molecule has 4 rings (SSSR count). The van der Waals surface area contributed by atoms with Crippen LogP contribution < -0.4 is 0 Å². The van der Waals surface area contributed by atoms with E-state index in [2.05, 4.69) is 22.8 Å². The Morgan fingerprint density at radius 3 is 2.58 bits per heavy atom. The van der Waals surface area contributed by atoms with Crippen molar-refractivity contribution in [2.75, 3.05) is 6.26 Å². The van der Waals surface area contributed by atoms with E-state index < -0.39 is 48.6 Å². The molecule has 192 valence electrons. The van der Waals surface area contributed by atoms with Gasteiger partial charge in [-0.1, -0.05) is 34.9 Å². The molecule has 12 nitrogen and oxygen atoms in total. The van der Waals surface area contributed by atoms with E-state index in [0.717, 1.165) is 29.4 Å². The number of carbonyl (C=O) groups is 2. The quantitative estimate of drug-likeness (QED) is 0.109. The molecule has 1 saturated heterocycles. The number of aromatic nitrogens is 2. The molecular formula is C19H18N4O8S5. The molecular weight excluding hydrogens is 573 g/mol. The number of sulfone groups is 1. The smallest absolute Gasteiger partial charge is 0.357 e. The number of ether oxygens (including phenoxy) is 1. The van der Waals surface area contributed by atoms with Gasteiger partial charge in [0.05, 0.1) is 21.2 Å². The van der Waals surface area contributed by atoms with E-state index in [1.165, 1.54) is 47.9 Å². The highest BCUT2D eigenvalue weighted by Crippen LogP contribution is 2.57. The van der Waals surface area contributed by atoms with E-state index in [-0.39, 0.29) is 22.3 Å². The number of nitrogens with zero attached hydrogens (tertiary/aromatic N) is 4. The predicted molar refractivity (Wildman–Crippen MR) is 136 cm³/mol. The number of nitro groups is 1. The highest BCUT2D eigenvalue weighted by atomic mass is 32.2. The molecule has 1 unspecified atom stereocenters. The van der Waals surface area contributed by atoms with Gasteiger partial charge in [0.25, 0.3) is 5.69 Å². The molecule has 2 aliphatic rings. The third-order valence-corrected chi connectivity index (χ3v) is 11.3. The van der Waals surface area contributed by atoms with E-state index in [1.807, 2.05) is 0 Å². The van der Waals surface area contributed by atoms with Crippen LogP contribution in [0.25, 0.3) is 0 Å². The van der Waals surface area contributed by atoms with E-state index in [4.69, 9.17) is 4.74 Å². The lowest BCUT2D eigenvalue weighted by Gasteiger charge is -2.43. The third-order valence-electron chi connectivity index (χ3n) is 5.15. The number of β-lactam (4-membered cyclic amide) rings is 1. The van der Waals surface area contributed by atoms with E-state index in [0.29, 0.717) is 14.8 Å². The molecule has 4 atom stereocenters. The van der Waals surface area contributed by atoms with Gasteiger partial charge < -0.3 is 9.84 Å². The minimum Gasteiger partial charge on any atom is -0.456 e. The van der Waals surface area contributed by atoms with Gasteiger partial charge in [-0.25, -0.2) is 13.2 Å². The number of nitro benzene ring substituents is 1. The lowest BCUT2D eigenvalue weighted by molar-refractivity contribution is -0.384. The van der Waals surface area contributed by atoms with Crippen molar-refractivity contribution in [3.8, 4) is 0 Å². The number of non-ortho nitro benzene ring substituents is 1. The summed E-state index contributed by atoms with van der Waals surface area (Å²) in [5.41, 5.74) is 0.398. The molecule has 1 fully saturated rings. The number of amides is 1. The van der Waals surface area contributed by atoms with Crippen molar-refractivity contribution in [3.63, 3.8) is 0 Å². The first-order valence-electron chi connectivity index (χ1n) is 10.1. The average Bonchev–Trinajstić information content (AvgIpc) is 3.41. The topological polar surface area (TPSA) is 170 Å². The van der Waals surface area contributed by atoms with Crippen LogP contribution in [-0.2, 0) is 30.8 Å². The molecule has 3 heterocycles. The number of aliphatic hydroxyl groups is 1. The van der Waals surface area contributed by atoms with Crippen molar-refractivity contribution in [2.45, 2.75) is 33.9 Å². The van der Waals surface area contributed by atoms with Crippen molar-refractivity contribution in [1.29, 1.82) is 0 Å². The first kappa shape index (κ1) is 26.9. The maximum absolute atomic E-state index is 13.1. The Morgan fingerprint density at radius 1 is 1.36 bits per heavy atom. The summed E-state index contributed by atoms with van der Waals surface area (Å²) in [6.07, 6.45) is 0.0827. The summed E-state index contributed by atoms with van der Waals surface area (Å²) in [6, 6.07) is 5.49. The second-order valence-corrected chi connectivity index (χ2v) is 14.3. The number of esters is 1. The first-order chi connectivity index (χ1) is 16.9. The molecule has 0 bridgehead atoms. The second kappa shape index (κ2) is 10.3. The zero-order valence-electron chi connectivity index (χ0n) is 18.5. The Bertz CT molecular complexity index is 1360. The molecule has 0 spiro atoms. The van der Waals surface area contributed by atoms with Gasteiger partial charge in [-0.05, 0) is 24.6 Å². The monoisotopic (exact) mass is 590 g/mol. The molecule has 1 amide bonds. The van der Waals surface area contributed by atoms with Gasteiger partial charge in [-0.15, -0.1) is 10.2 Å². The molecule has 2 aromatic rings. The first-order valence-corrected chi connectivity index (χ1v) is 15.1. The van der Waals surface area contributed by atoms with Gasteiger partial charge in [-0.2, -0.15) is 12.6 Å². The van der Waals surface area contributed by atoms with E-state index in [9.17, 15) is 33.2 Å². The van der Waals surface area contributed by atoms with Crippen LogP contribution >= 0.6 is 47.5 Å². The van der Waals surface area contributed by atoms with E-state index >= 15 is 0 Å². The van der Waals surface area contributed by atoms with E-state index in [1.54, 1.807) is 0 Å². The molecule has 36 heavy (non-hydrogen) atoms. The standard InChI is InChI=1S/C19H18N4O8S5/c1-8(24)11-14(25)22-12(16(26)31-7-9-3-5-10(6-4-9)23(27)28)18(34-15(11)22)35-17(32)13-20-21-19(33-13)36(2,29)30/h3-6,8,11,15,17,24,32H,7H2,1-2H3/t8-,11+,15-,17?/m1/s1. The van der Waals surface area contributed by atoms with Crippen molar-refractivity contribution >= 4 is 74.9 Å². The summed E-state index contributed by atoms with van der Waals surface area (Å²) in [4.78, 5) is 37.3. The fourth-order valence-electron chi connectivity index (χ4n) is 3.38. The predicted octanol–water partition coefficient (Wildman–Crippen LogP) is 2.34. The summed E-state index contributed by atoms with van der Waals surface area (Å²) < 4.78 is 28.4. The molecule has 1 aromatic carbocycles. The number of hydrogen-bond donors (Lipinski definition) is 2. The molecule has 0 radical (unpaired) electrons. The van der Waals surface area contributed by atoms with Crippen LogP contribution in [0.5, 0.6) is 0 Å². The van der Waals surface area contributed by atoms with Gasteiger partial charge in [0, 0.05) is 18.4 Å². The second-order valence-electron chi connectivity index (χ2n) is 7.77. The zero-order valence-corrected chi connectivity index (χ0v) is 22.7. The minimum atomic E-state index is -3.55. The maximum Gasteiger partial charge on any atom is 0.357 e.